The predicted molar refractivity (Wildman–Crippen MR) is 127 cm³/mol. The molecule has 0 amide bonds. The van der Waals surface area contributed by atoms with E-state index in [0.717, 1.165) is 64.9 Å². The van der Waals surface area contributed by atoms with E-state index in [9.17, 15) is 0 Å². The minimum Gasteiger partial charge on any atom is -0.381 e. The van der Waals surface area contributed by atoms with Crippen molar-refractivity contribution in [2.75, 3.05) is 85.8 Å². The first-order valence-corrected chi connectivity index (χ1v) is 10.8. The lowest BCUT2D eigenvalue weighted by Crippen LogP contribution is -2.48. The molecule has 7 nitrogen and oxygen atoms in total. The molecule has 0 aromatic heterocycles. The van der Waals surface area contributed by atoms with Crippen molar-refractivity contribution >= 4 is 29.9 Å². The number of piperazine rings is 1. The first-order chi connectivity index (χ1) is 13.2. The second kappa shape index (κ2) is 15.6. The van der Waals surface area contributed by atoms with Crippen LogP contribution in [0.5, 0.6) is 0 Å². The summed E-state index contributed by atoms with van der Waals surface area (Å²) in [5.74, 6) is 2.09. The van der Waals surface area contributed by atoms with E-state index in [0.29, 0.717) is 11.8 Å². The van der Waals surface area contributed by atoms with Crippen LogP contribution in [-0.4, -0.2) is 102 Å². The van der Waals surface area contributed by atoms with Gasteiger partial charge in [-0.1, -0.05) is 13.8 Å². The van der Waals surface area contributed by atoms with E-state index in [2.05, 4.69) is 39.3 Å². The summed E-state index contributed by atoms with van der Waals surface area (Å²) in [6.45, 7) is 16.9. The standard InChI is InChI=1S/C20H41N5O2.HI/c1-4-24-8-10-25(11-9-24)15-18(2)14-23-20(21-3)22-7-5-12-26-16-19-6-13-27-17-19;/h18-19H,4-17H2,1-3H3,(H2,21,22,23);1H. The highest BCUT2D eigenvalue weighted by atomic mass is 127. The molecule has 0 bridgehead atoms. The van der Waals surface area contributed by atoms with Crippen molar-refractivity contribution in [2.45, 2.75) is 26.7 Å². The van der Waals surface area contributed by atoms with Gasteiger partial charge in [-0.2, -0.15) is 0 Å². The van der Waals surface area contributed by atoms with Crippen LogP contribution in [0.2, 0.25) is 0 Å². The molecule has 0 aromatic carbocycles. The number of hydrogen-bond donors (Lipinski definition) is 2. The maximum Gasteiger partial charge on any atom is 0.190 e. The smallest absolute Gasteiger partial charge is 0.190 e. The molecule has 8 heteroatoms. The molecule has 0 aliphatic carbocycles. The van der Waals surface area contributed by atoms with Gasteiger partial charge in [-0.05, 0) is 25.3 Å². The Labute approximate surface area is 189 Å². The van der Waals surface area contributed by atoms with Gasteiger partial charge in [0.25, 0.3) is 0 Å². The summed E-state index contributed by atoms with van der Waals surface area (Å²) < 4.78 is 11.1. The van der Waals surface area contributed by atoms with Gasteiger partial charge in [0.1, 0.15) is 0 Å². The van der Waals surface area contributed by atoms with Crippen molar-refractivity contribution in [1.82, 2.24) is 20.4 Å². The molecule has 2 N–H and O–H groups in total. The van der Waals surface area contributed by atoms with Crippen LogP contribution >= 0.6 is 24.0 Å². The molecule has 0 spiro atoms. The van der Waals surface area contributed by atoms with Crippen LogP contribution < -0.4 is 10.6 Å². The van der Waals surface area contributed by atoms with Gasteiger partial charge in [0.2, 0.25) is 0 Å². The number of nitrogens with zero attached hydrogens (tertiary/aromatic N) is 3. The fraction of sp³-hybridized carbons (Fsp3) is 0.950. The van der Waals surface area contributed by atoms with Crippen molar-refractivity contribution in [1.29, 1.82) is 0 Å². The van der Waals surface area contributed by atoms with Crippen LogP contribution in [0.25, 0.3) is 0 Å². The molecule has 0 radical (unpaired) electrons. The summed E-state index contributed by atoms with van der Waals surface area (Å²) >= 11 is 0. The molecule has 2 saturated heterocycles. The average Bonchev–Trinajstić information content (AvgIpc) is 3.21. The quantitative estimate of drug-likeness (QED) is 0.190. The van der Waals surface area contributed by atoms with Crippen molar-refractivity contribution in [3.63, 3.8) is 0 Å². The van der Waals surface area contributed by atoms with E-state index in [1.165, 1.54) is 32.7 Å². The molecule has 2 aliphatic heterocycles. The molecular weight excluding hydrogens is 469 g/mol. The van der Waals surface area contributed by atoms with Gasteiger partial charge in [-0.25, -0.2) is 0 Å². The van der Waals surface area contributed by atoms with Crippen molar-refractivity contribution < 1.29 is 9.47 Å². The van der Waals surface area contributed by atoms with Crippen LogP contribution in [0.3, 0.4) is 0 Å². The Kier molecular flexibility index (Phi) is 14.5. The number of ether oxygens (including phenoxy) is 2. The van der Waals surface area contributed by atoms with Gasteiger partial charge in [-0.15, -0.1) is 24.0 Å². The number of nitrogens with one attached hydrogen (secondary N) is 2. The third kappa shape index (κ3) is 10.6. The molecule has 2 fully saturated rings. The number of hydrogen-bond acceptors (Lipinski definition) is 5. The van der Waals surface area contributed by atoms with Gasteiger partial charge in [0.15, 0.2) is 5.96 Å². The van der Waals surface area contributed by atoms with Gasteiger partial charge in [0, 0.05) is 72.0 Å². The third-order valence-electron chi connectivity index (χ3n) is 5.46. The number of halogens is 1. The predicted octanol–water partition coefficient (Wildman–Crippen LogP) is 1.49. The maximum atomic E-state index is 5.74. The van der Waals surface area contributed by atoms with Crippen molar-refractivity contribution in [3.05, 3.63) is 0 Å². The Balaban J connectivity index is 0.00000392. The lowest BCUT2D eigenvalue weighted by Gasteiger charge is -2.35. The molecule has 2 unspecified atom stereocenters. The fourth-order valence-electron chi connectivity index (χ4n) is 3.63. The summed E-state index contributed by atoms with van der Waals surface area (Å²) in [6.07, 6.45) is 2.13. The molecular formula is C20H42IN5O2. The molecule has 0 saturated carbocycles. The van der Waals surface area contributed by atoms with E-state index < -0.39 is 0 Å². The zero-order valence-corrected chi connectivity index (χ0v) is 20.5. The fourth-order valence-corrected chi connectivity index (χ4v) is 3.63. The van der Waals surface area contributed by atoms with Gasteiger partial charge in [0.05, 0.1) is 13.2 Å². The molecule has 0 aromatic rings. The molecule has 2 rings (SSSR count). The topological polar surface area (TPSA) is 61.4 Å². The number of likely N-dealkylation sites (N-methyl/N-ethyl adjacent to an activating group) is 1. The van der Waals surface area contributed by atoms with Crippen molar-refractivity contribution in [3.8, 4) is 0 Å². The van der Waals surface area contributed by atoms with E-state index in [1.807, 2.05) is 7.05 Å². The minimum absolute atomic E-state index is 0. The van der Waals surface area contributed by atoms with Crippen LogP contribution in [0.4, 0.5) is 0 Å². The molecule has 28 heavy (non-hydrogen) atoms. The summed E-state index contributed by atoms with van der Waals surface area (Å²) in [6, 6.07) is 0. The Morgan fingerprint density at radius 1 is 1.21 bits per heavy atom. The van der Waals surface area contributed by atoms with Crippen LogP contribution in [0.1, 0.15) is 26.7 Å². The lowest BCUT2D eigenvalue weighted by atomic mass is 10.1. The highest BCUT2D eigenvalue weighted by molar-refractivity contribution is 14.0. The first kappa shape index (κ1) is 25.9. The lowest BCUT2D eigenvalue weighted by molar-refractivity contribution is 0.0888. The Bertz CT molecular complexity index is 413. The zero-order valence-electron chi connectivity index (χ0n) is 18.1. The Hall–Kier alpha value is -0.160. The van der Waals surface area contributed by atoms with Gasteiger partial charge < -0.3 is 29.9 Å². The summed E-state index contributed by atoms with van der Waals surface area (Å²) in [7, 11) is 1.83. The molecule has 2 heterocycles. The van der Waals surface area contributed by atoms with E-state index in [4.69, 9.17) is 9.47 Å². The minimum atomic E-state index is 0. The first-order valence-electron chi connectivity index (χ1n) is 10.8. The van der Waals surface area contributed by atoms with Crippen molar-refractivity contribution in [2.24, 2.45) is 16.8 Å². The highest BCUT2D eigenvalue weighted by Crippen LogP contribution is 2.12. The summed E-state index contributed by atoms with van der Waals surface area (Å²) in [5, 5.41) is 6.84. The van der Waals surface area contributed by atoms with Crippen LogP contribution in [-0.2, 0) is 9.47 Å². The van der Waals surface area contributed by atoms with E-state index in [1.54, 1.807) is 0 Å². The normalized spacial score (nSPS) is 22.7. The SMILES string of the molecule is CCN1CCN(CC(C)CNC(=NC)NCCCOCC2CCOC2)CC1.I. The average molecular weight is 511 g/mol. The summed E-state index contributed by atoms with van der Waals surface area (Å²) in [4.78, 5) is 9.43. The second-order valence-corrected chi connectivity index (χ2v) is 7.88. The zero-order chi connectivity index (χ0) is 19.3. The molecule has 166 valence electrons. The molecule has 2 aliphatic rings. The Morgan fingerprint density at radius 2 is 1.96 bits per heavy atom. The van der Waals surface area contributed by atoms with E-state index in [-0.39, 0.29) is 24.0 Å². The van der Waals surface area contributed by atoms with Gasteiger partial charge >= 0.3 is 0 Å². The number of rotatable bonds is 11. The molecule has 2 atom stereocenters. The highest BCUT2D eigenvalue weighted by Gasteiger charge is 2.17. The Morgan fingerprint density at radius 3 is 2.61 bits per heavy atom. The largest absolute Gasteiger partial charge is 0.381 e. The maximum absolute atomic E-state index is 5.74. The number of aliphatic imine (C=N–C) groups is 1. The second-order valence-electron chi connectivity index (χ2n) is 7.88. The third-order valence-corrected chi connectivity index (χ3v) is 5.46. The monoisotopic (exact) mass is 511 g/mol. The van der Waals surface area contributed by atoms with Crippen LogP contribution in [0, 0.1) is 11.8 Å². The van der Waals surface area contributed by atoms with Crippen LogP contribution in [0.15, 0.2) is 4.99 Å². The van der Waals surface area contributed by atoms with Gasteiger partial charge in [-0.3, -0.25) is 4.99 Å². The summed E-state index contributed by atoms with van der Waals surface area (Å²) in [5.41, 5.74) is 0. The number of guanidine groups is 1. The van der Waals surface area contributed by atoms with E-state index >= 15 is 0 Å².